The van der Waals surface area contributed by atoms with Crippen LogP contribution in [0, 0.1) is 6.92 Å². The van der Waals surface area contributed by atoms with E-state index in [-0.39, 0.29) is 11.7 Å². The lowest BCUT2D eigenvalue weighted by Crippen LogP contribution is -2.39. The minimum absolute atomic E-state index is 0.0565. The molecule has 4 rings (SSSR count). The lowest BCUT2D eigenvalue weighted by Gasteiger charge is -2.35. The smallest absolute Gasteiger partial charge is 0.242 e. The molecule has 1 aliphatic heterocycles. The van der Waals surface area contributed by atoms with Gasteiger partial charge in [-0.15, -0.1) is 0 Å². The van der Waals surface area contributed by atoms with Crippen molar-refractivity contribution in [3.63, 3.8) is 0 Å². The normalized spacial score (nSPS) is 19.3. The van der Waals surface area contributed by atoms with Crippen molar-refractivity contribution in [2.45, 2.75) is 55.1 Å². The Kier molecular flexibility index (Phi) is 4.74. The average molecular weight is 385 g/mol. The molecule has 1 aliphatic rings. The largest absolute Gasteiger partial charge is 0.473 e. The molecule has 7 heteroatoms. The fraction of sp³-hybridized carbons (Fsp3) is 0.400. The molecule has 3 heterocycles. The number of hydrogen-bond acceptors (Lipinski definition) is 6. The number of ether oxygens (including phenoxy) is 2. The highest BCUT2D eigenvalue weighted by molar-refractivity contribution is 7.99. The van der Waals surface area contributed by atoms with Crippen molar-refractivity contribution in [2.75, 3.05) is 12.3 Å². The number of H-pyrrole nitrogens is 1. The maximum absolute atomic E-state index is 6.28. The predicted octanol–water partition coefficient (Wildman–Crippen LogP) is 4.34. The summed E-state index contributed by atoms with van der Waals surface area (Å²) in [6.07, 6.45) is 1.72. The number of hydrogen-bond donors (Lipinski definition) is 2. The zero-order valence-corrected chi connectivity index (χ0v) is 16.6. The van der Waals surface area contributed by atoms with Gasteiger partial charge in [0.1, 0.15) is 28.8 Å². The number of fused-ring (bicyclic) bond motifs is 1. The molecule has 27 heavy (non-hydrogen) atoms. The Hall–Kier alpha value is -2.25. The van der Waals surface area contributed by atoms with Crippen LogP contribution in [-0.4, -0.2) is 33.3 Å². The molecule has 0 spiro atoms. The second-order valence-corrected chi connectivity index (χ2v) is 8.51. The van der Waals surface area contributed by atoms with Gasteiger partial charge in [-0.05, 0) is 32.9 Å². The number of nitrogens with one attached hydrogen (secondary N) is 1. The van der Waals surface area contributed by atoms with Crippen molar-refractivity contribution in [1.82, 2.24) is 15.0 Å². The molecule has 1 aromatic carbocycles. The van der Waals surface area contributed by atoms with Crippen molar-refractivity contribution < 1.29 is 9.47 Å². The molecular weight excluding hydrogens is 360 g/mol. The Bertz CT molecular complexity index is 956. The summed E-state index contributed by atoms with van der Waals surface area (Å²) in [5, 5.41) is 0. The van der Waals surface area contributed by atoms with Crippen LogP contribution < -0.4 is 10.5 Å². The lowest BCUT2D eigenvalue weighted by atomic mass is 9.96. The molecule has 2 aromatic heterocycles. The summed E-state index contributed by atoms with van der Waals surface area (Å²) in [5.74, 6) is 1.81. The number of nitrogen functional groups attached to an aromatic ring is 1. The van der Waals surface area contributed by atoms with E-state index in [0.29, 0.717) is 24.1 Å². The summed E-state index contributed by atoms with van der Waals surface area (Å²) in [5.41, 5.74) is 7.64. The maximum Gasteiger partial charge on any atom is 0.242 e. The summed E-state index contributed by atoms with van der Waals surface area (Å²) >= 11 is 1.59. The molecule has 0 radical (unpaired) electrons. The van der Waals surface area contributed by atoms with Crippen LogP contribution in [0.3, 0.4) is 0 Å². The monoisotopic (exact) mass is 384 g/mol. The minimum atomic E-state index is -0.187. The summed E-state index contributed by atoms with van der Waals surface area (Å²) in [6.45, 7) is 6.74. The first-order valence-corrected chi connectivity index (χ1v) is 9.92. The molecule has 3 aromatic rings. The number of nitrogens with two attached hydrogens (primary N) is 1. The first-order chi connectivity index (χ1) is 12.9. The fourth-order valence-corrected chi connectivity index (χ4v) is 4.31. The van der Waals surface area contributed by atoms with Gasteiger partial charge in [0.15, 0.2) is 0 Å². The molecule has 1 saturated heterocycles. The van der Waals surface area contributed by atoms with Gasteiger partial charge in [-0.3, -0.25) is 0 Å². The summed E-state index contributed by atoms with van der Waals surface area (Å²) in [4.78, 5) is 14.4. The summed E-state index contributed by atoms with van der Waals surface area (Å²) in [7, 11) is 0. The first-order valence-electron chi connectivity index (χ1n) is 9.10. The van der Waals surface area contributed by atoms with Gasteiger partial charge in [0.2, 0.25) is 5.88 Å². The quantitative estimate of drug-likeness (QED) is 0.696. The van der Waals surface area contributed by atoms with E-state index in [1.165, 1.54) is 0 Å². The van der Waals surface area contributed by atoms with Gasteiger partial charge >= 0.3 is 0 Å². The van der Waals surface area contributed by atoms with Gasteiger partial charge in [-0.25, -0.2) is 4.98 Å². The Balaban J connectivity index is 1.69. The van der Waals surface area contributed by atoms with Crippen molar-refractivity contribution in [2.24, 2.45) is 0 Å². The Morgan fingerprint density at radius 2 is 2.04 bits per heavy atom. The number of aromatic amines is 1. The SMILES string of the molecule is Cc1nc(OC2CCOC(C)(C)C2)c2[nH]c(N)c(Sc3ccccc3)c2n1. The van der Waals surface area contributed by atoms with Crippen molar-refractivity contribution >= 4 is 28.6 Å². The fourth-order valence-electron chi connectivity index (χ4n) is 3.37. The standard InChI is InChI=1S/C20H24N4O2S/c1-12-22-15-16(19(23-12)26-13-9-10-25-20(2,3)11-13)24-18(21)17(15)27-14-7-5-4-6-8-14/h4-8,13,24H,9-11,21H2,1-3H3. The van der Waals surface area contributed by atoms with E-state index in [0.717, 1.165) is 33.7 Å². The molecule has 0 aliphatic carbocycles. The van der Waals surface area contributed by atoms with Gasteiger partial charge in [-0.2, -0.15) is 4.98 Å². The summed E-state index contributed by atoms with van der Waals surface area (Å²) < 4.78 is 12.1. The number of benzene rings is 1. The van der Waals surface area contributed by atoms with Crippen LogP contribution in [0.5, 0.6) is 5.88 Å². The van der Waals surface area contributed by atoms with Crippen LogP contribution in [0.15, 0.2) is 40.1 Å². The number of nitrogens with zero attached hydrogens (tertiary/aromatic N) is 2. The van der Waals surface area contributed by atoms with Gasteiger partial charge in [0.25, 0.3) is 0 Å². The minimum Gasteiger partial charge on any atom is -0.473 e. The molecular formula is C20H24N4O2S. The zero-order valence-electron chi connectivity index (χ0n) is 15.8. The van der Waals surface area contributed by atoms with Gasteiger partial charge in [-0.1, -0.05) is 30.0 Å². The Morgan fingerprint density at radius 1 is 1.26 bits per heavy atom. The number of anilines is 1. The molecule has 1 atom stereocenters. The lowest BCUT2D eigenvalue weighted by molar-refractivity contribution is -0.0902. The van der Waals surface area contributed by atoms with Gasteiger partial charge < -0.3 is 20.2 Å². The molecule has 0 bridgehead atoms. The first kappa shape index (κ1) is 18.1. The highest BCUT2D eigenvalue weighted by Gasteiger charge is 2.31. The zero-order chi connectivity index (χ0) is 19.0. The van der Waals surface area contributed by atoms with E-state index in [4.69, 9.17) is 15.2 Å². The number of rotatable bonds is 4. The molecule has 1 unspecified atom stereocenters. The van der Waals surface area contributed by atoms with Crippen LogP contribution in [-0.2, 0) is 4.74 Å². The van der Waals surface area contributed by atoms with Crippen LogP contribution in [0.4, 0.5) is 5.82 Å². The number of aromatic nitrogens is 3. The van der Waals surface area contributed by atoms with Gasteiger partial charge in [0, 0.05) is 17.7 Å². The van der Waals surface area contributed by atoms with Crippen molar-refractivity contribution in [1.29, 1.82) is 0 Å². The summed E-state index contributed by atoms with van der Waals surface area (Å²) in [6, 6.07) is 10.1. The third kappa shape index (κ3) is 3.89. The van der Waals surface area contributed by atoms with E-state index in [1.807, 2.05) is 25.1 Å². The van der Waals surface area contributed by atoms with E-state index >= 15 is 0 Å². The molecule has 3 N–H and O–H groups in total. The predicted molar refractivity (Wildman–Crippen MR) is 107 cm³/mol. The van der Waals surface area contributed by atoms with Crippen molar-refractivity contribution in [3.8, 4) is 5.88 Å². The second kappa shape index (κ2) is 7.05. The molecule has 6 nitrogen and oxygen atoms in total. The van der Waals surface area contributed by atoms with Crippen LogP contribution in [0.25, 0.3) is 11.0 Å². The highest BCUT2D eigenvalue weighted by Crippen LogP contribution is 2.40. The molecule has 1 fully saturated rings. The average Bonchev–Trinajstić information content (AvgIpc) is 2.91. The third-order valence-electron chi connectivity index (χ3n) is 4.60. The molecule has 142 valence electrons. The highest BCUT2D eigenvalue weighted by atomic mass is 32.2. The van der Waals surface area contributed by atoms with E-state index in [2.05, 4.69) is 40.9 Å². The second-order valence-electron chi connectivity index (χ2n) is 7.42. The van der Waals surface area contributed by atoms with Crippen LogP contribution in [0.1, 0.15) is 32.5 Å². The maximum atomic E-state index is 6.28. The van der Waals surface area contributed by atoms with Gasteiger partial charge in [0.05, 0.1) is 17.1 Å². The number of aryl methyl sites for hydroxylation is 1. The van der Waals surface area contributed by atoms with Crippen LogP contribution >= 0.6 is 11.8 Å². The molecule has 0 saturated carbocycles. The molecule has 0 amide bonds. The van der Waals surface area contributed by atoms with E-state index in [9.17, 15) is 0 Å². The Morgan fingerprint density at radius 3 is 2.78 bits per heavy atom. The van der Waals surface area contributed by atoms with Crippen LogP contribution in [0.2, 0.25) is 0 Å². The van der Waals surface area contributed by atoms with Crippen molar-refractivity contribution in [3.05, 3.63) is 36.2 Å². The Labute approximate surface area is 162 Å². The van der Waals surface area contributed by atoms with E-state index < -0.39 is 0 Å². The van der Waals surface area contributed by atoms with E-state index in [1.54, 1.807) is 11.8 Å². The third-order valence-corrected chi connectivity index (χ3v) is 5.73. The topological polar surface area (TPSA) is 86.0 Å².